The van der Waals surface area contributed by atoms with Crippen LogP contribution in [0, 0.1) is 5.92 Å². The van der Waals surface area contributed by atoms with E-state index in [1.54, 1.807) is 0 Å². The van der Waals surface area contributed by atoms with E-state index in [4.69, 9.17) is 16.3 Å². The summed E-state index contributed by atoms with van der Waals surface area (Å²) in [5.74, 6) is 0.0369. The average Bonchev–Trinajstić information content (AvgIpc) is 3.19. The van der Waals surface area contributed by atoms with Crippen molar-refractivity contribution in [1.29, 1.82) is 0 Å². The first-order chi connectivity index (χ1) is 12.2. The Morgan fingerprint density at radius 2 is 2.32 bits per heavy atom. The van der Waals surface area contributed by atoms with Crippen molar-refractivity contribution >= 4 is 28.5 Å². The number of aromatic nitrogens is 1. The van der Waals surface area contributed by atoms with Crippen molar-refractivity contribution in [2.75, 3.05) is 26.2 Å². The third kappa shape index (κ3) is 3.27. The van der Waals surface area contributed by atoms with Crippen molar-refractivity contribution in [3.8, 4) is 0 Å². The van der Waals surface area contributed by atoms with Gasteiger partial charge in [-0.1, -0.05) is 11.6 Å². The molecule has 0 radical (unpaired) electrons. The summed E-state index contributed by atoms with van der Waals surface area (Å²) in [7, 11) is 0. The maximum absolute atomic E-state index is 12.1. The van der Waals surface area contributed by atoms with E-state index in [2.05, 4.69) is 20.7 Å². The van der Waals surface area contributed by atoms with E-state index in [9.17, 15) is 4.79 Å². The third-order valence-electron chi connectivity index (χ3n) is 5.14. The molecule has 3 N–H and O–H groups in total. The standard InChI is InChI=1S/C18H23ClN4O2/c1-2-25-18(24)17-11(8-20-22-17)9-23-6-5-13-14-7-12(19)3-4-15(14)21-16(13)10-23/h3-4,7,11,17,20-22H,2,5-6,8-10H2,1H3. The van der Waals surface area contributed by atoms with E-state index < -0.39 is 0 Å². The Balaban J connectivity index is 1.47. The highest BCUT2D eigenvalue weighted by atomic mass is 35.5. The summed E-state index contributed by atoms with van der Waals surface area (Å²) in [6, 6.07) is 5.73. The van der Waals surface area contributed by atoms with Crippen LogP contribution in [-0.2, 0) is 22.5 Å². The molecule has 2 aromatic rings. The molecule has 2 atom stereocenters. The minimum atomic E-state index is -0.275. The number of benzene rings is 1. The summed E-state index contributed by atoms with van der Waals surface area (Å²) in [6.07, 6.45) is 0.993. The normalized spacial score (nSPS) is 23.8. The lowest BCUT2D eigenvalue weighted by Gasteiger charge is -2.30. The molecule has 0 aliphatic carbocycles. The molecule has 7 heteroatoms. The van der Waals surface area contributed by atoms with Crippen molar-refractivity contribution < 1.29 is 9.53 Å². The number of hydrogen-bond donors (Lipinski definition) is 3. The first-order valence-electron chi connectivity index (χ1n) is 8.82. The molecule has 0 spiro atoms. The molecular weight excluding hydrogens is 340 g/mol. The van der Waals surface area contributed by atoms with Crippen molar-refractivity contribution in [3.63, 3.8) is 0 Å². The number of nitrogens with one attached hydrogen (secondary N) is 3. The predicted octanol–water partition coefficient (Wildman–Crippen LogP) is 1.84. The molecular formula is C18H23ClN4O2. The van der Waals surface area contributed by atoms with E-state index in [0.717, 1.165) is 43.1 Å². The SMILES string of the molecule is CCOC(=O)C1NNCC1CN1CCc2c([nH]c3ccc(Cl)cc23)C1. The molecule has 3 heterocycles. The van der Waals surface area contributed by atoms with Crippen LogP contribution in [0.4, 0.5) is 0 Å². The molecule has 2 aliphatic rings. The Bertz CT molecular complexity index is 791. The summed E-state index contributed by atoms with van der Waals surface area (Å²) in [5.41, 5.74) is 9.93. The summed E-state index contributed by atoms with van der Waals surface area (Å²) in [5, 5.41) is 2.01. The number of H-pyrrole nitrogens is 1. The van der Waals surface area contributed by atoms with Gasteiger partial charge in [-0.25, -0.2) is 5.43 Å². The van der Waals surface area contributed by atoms with Crippen LogP contribution in [0.25, 0.3) is 10.9 Å². The van der Waals surface area contributed by atoms with Gasteiger partial charge in [0.15, 0.2) is 0 Å². The number of esters is 1. The number of carbonyl (C=O) groups excluding carboxylic acids is 1. The van der Waals surface area contributed by atoms with Crippen LogP contribution in [-0.4, -0.2) is 48.1 Å². The van der Waals surface area contributed by atoms with Crippen LogP contribution in [0.3, 0.4) is 0 Å². The Hall–Kier alpha value is -1.60. The van der Waals surface area contributed by atoms with E-state index in [-0.39, 0.29) is 17.9 Å². The number of carbonyl (C=O) groups is 1. The lowest BCUT2D eigenvalue weighted by molar-refractivity contribution is -0.146. The zero-order valence-electron chi connectivity index (χ0n) is 14.3. The molecule has 6 nitrogen and oxygen atoms in total. The van der Waals surface area contributed by atoms with Gasteiger partial charge >= 0.3 is 5.97 Å². The van der Waals surface area contributed by atoms with Gasteiger partial charge in [0.25, 0.3) is 0 Å². The second-order valence-corrected chi connectivity index (χ2v) is 7.21. The second kappa shape index (κ2) is 6.96. The van der Waals surface area contributed by atoms with Gasteiger partial charge in [0.05, 0.1) is 6.61 Å². The fourth-order valence-corrected chi connectivity index (χ4v) is 4.12. The van der Waals surface area contributed by atoms with Crippen molar-refractivity contribution in [1.82, 2.24) is 20.7 Å². The Morgan fingerprint density at radius 3 is 3.16 bits per heavy atom. The monoisotopic (exact) mass is 362 g/mol. The van der Waals surface area contributed by atoms with Crippen LogP contribution in [0.15, 0.2) is 18.2 Å². The molecule has 2 unspecified atom stereocenters. The second-order valence-electron chi connectivity index (χ2n) is 6.77. The molecule has 1 fully saturated rings. The Labute approximate surface area is 151 Å². The van der Waals surface area contributed by atoms with E-state index >= 15 is 0 Å². The lowest BCUT2D eigenvalue weighted by atomic mass is 9.98. The van der Waals surface area contributed by atoms with Gasteiger partial charge in [-0.2, -0.15) is 0 Å². The summed E-state index contributed by atoms with van der Waals surface area (Å²) < 4.78 is 5.17. The number of halogens is 1. The molecule has 2 aliphatic heterocycles. The number of hydrogen-bond acceptors (Lipinski definition) is 5. The van der Waals surface area contributed by atoms with Crippen molar-refractivity contribution in [2.45, 2.75) is 25.9 Å². The largest absolute Gasteiger partial charge is 0.465 e. The van der Waals surface area contributed by atoms with Gasteiger partial charge in [0, 0.05) is 53.7 Å². The number of hydrazine groups is 1. The number of nitrogens with zero attached hydrogens (tertiary/aromatic N) is 1. The maximum Gasteiger partial charge on any atom is 0.324 e. The van der Waals surface area contributed by atoms with Gasteiger partial charge in [0.2, 0.25) is 0 Å². The number of aromatic amines is 1. The molecule has 4 rings (SSSR count). The first kappa shape index (κ1) is 16.8. The van der Waals surface area contributed by atoms with E-state index in [0.29, 0.717) is 6.61 Å². The van der Waals surface area contributed by atoms with Crippen LogP contribution >= 0.6 is 11.6 Å². The Morgan fingerprint density at radius 1 is 1.44 bits per heavy atom. The highest BCUT2D eigenvalue weighted by molar-refractivity contribution is 6.31. The lowest BCUT2D eigenvalue weighted by Crippen LogP contribution is -2.44. The molecule has 134 valence electrons. The van der Waals surface area contributed by atoms with Crippen LogP contribution in [0.1, 0.15) is 18.2 Å². The zero-order valence-corrected chi connectivity index (χ0v) is 15.0. The fourth-order valence-electron chi connectivity index (χ4n) is 3.95. The van der Waals surface area contributed by atoms with Crippen LogP contribution in [0.5, 0.6) is 0 Å². The molecule has 0 amide bonds. The van der Waals surface area contributed by atoms with Gasteiger partial charge in [0.1, 0.15) is 6.04 Å². The molecule has 1 aromatic carbocycles. The quantitative estimate of drug-likeness (QED) is 0.724. The van der Waals surface area contributed by atoms with Crippen LogP contribution < -0.4 is 10.9 Å². The maximum atomic E-state index is 12.1. The van der Waals surface area contributed by atoms with E-state index in [1.807, 2.05) is 25.1 Å². The minimum absolute atomic E-state index is 0.171. The summed E-state index contributed by atoms with van der Waals surface area (Å²) >= 11 is 6.15. The predicted molar refractivity (Wildman–Crippen MR) is 97.3 cm³/mol. The third-order valence-corrected chi connectivity index (χ3v) is 5.38. The molecule has 0 saturated carbocycles. The van der Waals surface area contributed by atoms with Gasteiger partial charge in [-0.15, -0.1) is 0 Å². The van der Waals surface area contributed by atoms with Gasteiger partial charge < -0.3 is 9.72 Å². The van der Waals surface area contributed by atoms with Gasteiger partial charge in [-0.05, 0) is 37.1 Å². The average molecular weight is 363 g/mol. The van der Waals surface area contributed by atoms with Crippen molar-refractivity contribution in [3.05, 3.63) is 34.5 Å². The summed E-state index contributed by atoms with van der Waals surface area (Å²) in [6.45, 7) is 5.73. The minimum Gasteiger partial charge on any atom is -0.465 e. The Kier molecular flexibility index (Phi) is 4.69. The first-order valence-corrected chi connectivity index (χ1v) is 9.20. The zero-order chi connectivity index (χ0) is 17.4. The topological polar surface area (TPSA) is 69.4 Å². The highest BCUT2D eigenvalue weighted by Crippen LogP contribution is 2.30. The number of ether oxygens (including phenoxy) is 1. The summed E-state index contributed by atoms with van der Waals surface area (Å²) in [4.78, 5) is 18.0. The van der Waals surface area contributed by atoms with Crippen LogP contribution in [0.2, 0.25) is 5.02 Å². The number of fused-ring (bicyclic) bond motifs is 3. The van der Waals surface area contributed by atoms with E-state index in [1.165, 1.54) is 16.6 Å². The smallest absolute Gasteiger partial charge is 0.324 e. The van der Waals surface area contributed by atoms with Gasteiger partial charge in [-0.3, -0.25) is 15.1 Å². The fraction of sp³-hybridized carbons (Fsp3) is 0.500. The molecule has 25 heavy (non-hydrogen) atoms. The molecule has 1 saturated heterocycles. The highest BCUT2D eigenvalue weighted by Gasteiger charge is 2.35. The number of rotatable bonds is 4. The molecule has 0 bridgehead atoms. The molecule has 1 aromatic heterocycles. The van der Waals surface area contributed by atoms with Crippen molar-refractivity contribution in [2.24, 2.45) is 5.92 Å².